The second kappa shape index (κ2) is 7.90. The summed E-state index contributed by atoms with van der Waals surface area (Å²) in [7, 11) is 2.12. The van der Waals surface area contributed by atoms with Crippen LogP contribution < -0.4 is 4.74 Å². The third kappa shape index (κ3) is 5.03. The molecule has 0 radical (unpaired) electrons. The average Bonchev–Trinajstić information content (AvgIpc) is 3.18. The standard InChI is InChI=1S/C18H24N2O2S/c1-14-13-23-18(19-14)11-20(2)10-15-5-7-16(8-6-15)22-12-17-4-3-9-21-17/h5-8,13,17H,3-4,9-12H2,1-2H3. The van der Waals surface area contributed by atoms with Crippen LogP contribution in [-0.4, -0.2) is 36.2 Å². The largest absolute Gasteiger partial charge is 0.491 e. The van der Waals surface area contributed by atoms with Crippen LogP contribution in [0.2, 0.25) is 0 Å². The molecule has 1 saturated heterocycles. The van der Waals surface area contributed by atoms with Gasteiger partial charge in [0, 0.05) is 24.2 Å². The number of ether oxygens (including phenoxy) is 2. The molecule has 1 aromatic heterocycles. The molecule has 0 saturated carbocycles. The number of thiazole rings is 1. The normalized spacial score (nSPS) is 17.8. The maximum absolute atomic E-state index is 5.80. The van der Waals surface area contributed by atoms with Crippen molar-refractivity contribution in [2.45, 2.75) is 39.0 Å². The Morgan fingerprint density at radius 1 is 1.30 bits per heavy atom. The van der Waals surface area contributed by atoms with Gasteiger partial charge in [-0.05, 0) is 44.5 Å². The summed E-state index contributed by atoms with van der Waals surface area (Å²) in [6.45, 7) is 5.36. The first kappa shape index (κ1) is 16.4. The van der Waals surface area contributed by atoms with Crippen molar-refractivity contribution < 1.29 is 9.47 Å². The highest BCUT2D eigenvalue weighted by atomic mass is 32.1. The molecule has 0 N–H and O–H groups in total. The van der Waals surface area contributed by atoms with Gasteiger partial charge in [-0.2, -0.15) is 0 Å². The first-order chi connectivity index (χ1) is 11.2. The van der Waals surface area contributed by atoms with E-state index < -0.39 is 0 Å². The van der Waals surface area contributed by atoms with Gasteiger partial charge in [0.1, 0.15) is 17.4 Å². The lowest BCUT2D eigenvalue weighted by atomic mass is 10.2. The zero-order valence-corrected chi connectivity index (χ0v) is 14.6. The van der Waals surface area contributed by atoms with Crippen molar-refractivity contribution in [1.82, 2.24) is 9.88 Å². The van der Waals surface area contributed by atoms with Gasteiger partial charge in [0.15, 0.2) is 0 Å². The molecule has 1 aliphatic rings. The van der Waals surface area contributed by atoms with Crippen LogP contribution in [0.15, 0.2) is 29.6 Å². The maximum atomic E-state index is 5.80. The van der Waals surface area contributed by atoms with E-state index >= 15 is 0 Å². The van der Waals surface area contributed by atoms with E-state index in [9.17, 15) is 0 Å². The second-order valence-electron chi connectivity index (χ2n) is 6.14. The minimum atomic E-state index is 0.266. The van der Waals surface area contributed by atoms with Crippen molar-refractivity contribution in [2.24, 2.45) is 0 Å². The average molecular weight is 332 g/mol. The summed E-state index contributed by atoms with van der Waals surface area (Å²) in [6.07, 6.45) is 2.53. The number of aromatic nitrogens is 1. The summed E-state index contributed by atoms with van der Waals surface area (Å²) in [4.78, 5) is 6.79. The molecule has 0 aliphatic carbocycles. The minimum Gasteiger partial charge on any atom is -0.491 e. The second-order valence-corrected chi connectivity index (χ2v) is 7.09. The van der Waals surface area contributed by atoms with Crippen molar-refractivity contribution in [3.8, 4) is 5.75 Å². The van der Waals surface area contributed by atoms with E-state index in [0.717, 1.165) is 44.0 Å². The fraction of sp³-hybridized carbons (Fsp3) is 0.500. The van der Waals surface area contributed by atoms with E-state index in [1.807, 2.05) is 19.1 Å². The Morgan fingerprint density at radius 2 is 2.13 bits per heavy atom. The van der Waals surface area contributed by atoms with Crippen LogP contribution in [0.25, 0.3) is 0 Å². The maximum Gasteiger partial charge on any atom is 0.119 e. The van der Waals surface area contributed by atoms with Crippen LogP contribution in [0.1, 0.15) is 29.1 Å². The van der Waals surface area contributed by atoms with E-state index in [2.05, 4.69) is 34.4 Å². The molecule has 0 spiro atoms. The number of benzene rings is 1. The Morgan fingerprint density at radius 3 is 2.78 bits per heavy atom. The number of rotatable bonds is 7. The van der Waals surface area contributed by atoms with E-state index in [1.54, 1.807) is 11.3 Å². The van der Waals surface area contributed by atoms with E-state index in [0.29, 0.717) is 6.61 Å². The van der Waals surface area contributed by atoms with Crippen molar-refractivity contribution in [3.05, 3.63) is 45.9 Å². The Labute approximate surface area is 142 Å². The predicted octanol–water partition coefficient (Wildman–Crippen LogP) is 3.64. The highest BCUT2D eigenvalue weighted by molar-refractivity contribution is 7.09. The monoisotopic (exact) mass is 332 g/mol. The van der Waals surface area contributed by atoms with E-state index in [4.69, 9.17) is 9.47 Å². The molecule has 2 aromatic rings. The van der Waals surface area contributed by atoms with Crippen LogP contribution in [0.3, 0.4) is 0 Å². The third-order valence-corrected chi connectivity index (χ3v) is 4.86. The number of nitrogens with zero attached hydrogens (tertiary/aromatic N) is 2. The van der Waals surface area contributed by atoms with Gasteiger partial charge in [0.2, 0.25) is 0 Å². The lowest BCUT2D eigenvalue weighted by Crippen LogP contribution is -2.17. The zero-order chi connectivity index (χ0) is 16.1. The summed E-state index contributed by atoms with van der Waals surface area (Å²) in [5.41, 5.74) is 2.39. The van der Waals surface area contributed by atoms with Gasteiger partial charge >= 0.3 is 0 Å². The van der Waals surface area contributed by atoms with Gasteiger partial charge in [-0.1, -0.05) is 12.1 Å². The molecule has 0 amide bonds. The van der Waals surface area contributed by atoms with Crippen LogP contribution in [0.4, 0.5) is 0 Å². The SMILES string of the molecule is Cc1csc(CN(C)Cc2ccc(OCC3CCCO3)cc2)n1. The molecule has 23 heavy (non-hydrogen) atoms. The summed E-state index contributed by atoms with van der Waals surface area (Å²) < 4.78 is 11.4. The number of aryl methyl sites for hydroxylation is 1. The summed E-state index contributed by atoms with van der Waals surface area (Å²) in [5, 5.41) is 3.27. The topological polar surface area (TPSA) is 34.6 Å². The Hall–Kier alpha value is -1.43. The third-order valence-electron chi connectivity index (χ3n) is 3.91. The predicted molar refractivity (Wildman–Crippen MR) is 92.9 cm³/mol. The molecule has 1 aromatic carbocycles. The zero-order valence-electron chi connectivity index (χ0n) is 13.8. The van der Waals surface area contributed by atoms with Gasteiger partial charge in [-0.15, -0.1) is 11.3 Å². The van der Waals surface area contributed by atoms with Gasteiger partial charge < -0.3 is 9.47 Å². The molecule has 1 unspecified atom stereocenters. The van der Waals surface area contributed by atoms with Gasteiger partial charge in [0.25, 0.3) is 0 Å². The number of hydrogen-bond donors (Lipinski definition) is 0. The van der Waals surface area contributed by atoms with Crippen molar-refractivity contribution in [1.29, 1.82) is 0 Å². The Bertz CT molecular complexity index is 606. The molecular weight excluding hydrogens is 308 g/mol. The first-order valence-corrected chi connectivity index (χ1v) is 9.00. The van der Waals surface area contributed by atoms with Crippen molar-refractivity contribution in [2.75, 3.05) is 20.3 Å². The summed E-state index contributed by atoms with van der Waals surface area (Å²) in [6, 6.07) is 8.36. The molecule has 3 rings (SSSR count). The lowest BCUT2D eigenvalue weighted by molar-refractivity contribution is 0.0679. The summed E-state index contributed by atoms with van der Waals surface area (Å²) >= 11 is 1.72. The van der Waals surface area contributed by atoms with E-state index in [-0.39, 0.29) is 6.10 Å². The molecule has 1 aliphatic heterocycles. The van der Waals surface area contributed by atoms with Gasteiger partial charge in [-0.3, -0.25) is 4.90 Å². The fourth-order valence-corrected chi connectivity index (χ4v) is 3.58. The molecule has 0 bridgehead atoms. The molecule has 5 heteroatoms. The van der Waals surface area contributed by atoms with E-state index in [1.165, 1.54) is 10.6 Å². The minimum absolute atomic E-state index is 0.266. The molecule has 1 fully saturated rings. The summed E-state index contributed by atoms with van der Waals surface area (Å²) in [5.74, 6) is 0.919. The highest BCUT2D eigenvalue weighted by Crippen LogP contribution is 2.18. The first-order valence-electron chi connectivity index (χ1n) is 8.12. The smallest absolute Gasteiger partial charge is 0.119 e. The molecule has 4 nitrogen and oxygen atoms in total. The Balaban J connectivity index is 1.46. The number of hydrogen-bond acceptors (Lipinski definition) is 5. The van der Waals surface area contributed by atoms with Crippen LogP contribution >= 0.6 is 11.3 Å². The van der Waals surface area contributed by atoms with Crippen LogP contribution in [0.5, 0.6) is 5.75 Å². The van der Waals surface area contributed by atoms with Crippen molar-refractivity contribution in [3.63, 3.8) is 0 Å². The molecule has 1 atom stereocenters. The van der Waals surface area contributed by atoms with Crippen molar-refractivity contribution >= 4 is 11.3 Å². The van der Waals surface area contributed by atoms with Crippen LogP contribution in [-0.2, 0) is 17.8 Å². The highest BCUT2D eigenvalue weighted by Gasteiger charge is 2.15. The Kier molecular flexibility index (Phi) is 5.65. The van der Waals surface area contributed by atoms with Crippen LogP contribution in [0, 0.1) is 6.92 Å². The van der Waals surface area contributed by atoms with Gasteiger partial charge in [-0.25, -0.2) is 4.98 Å². The molecular formula is C18H24N2O2S. The lowest BCUT2D eigenvalue weighted by Gasteiger charge is -2.16. The fourth-order valence-electron chi connectivity index (χ4n) is 2.73. The molecule has 2 heterocycles. The quantitative estimate of drug-likeness (QED) is 0.775. The molecule has 124 valence electrons. The van der Waals surface area contributed by atoms with Gasteiger partial charge in [0.05, 0.1) is 12.6 Å².